The first-order chi connectivity index (χ1) is 12.6. The highest BCUT2D eigenvalue weighted by Gasteiger charge is 2.11. The number of benzene rings is 3. The van der Waals surface area contributed by atoms with Crippen LogP contribution in [-0.4, -0.2) is 18.1 Å². The van der Waals surface area contributed by atoms with E-state index in [0.29, 0.717) is 11.3 Å². The van der Waals surface area contributed by atoms with Gasteiger partial charge < -0.3 is 15.2 Å². The number of anilines is 1. The molecule has 0 aromatic heterocycles. The average Bonchev–Trinajstić information content (AvgIpc) is 2.67. The van der Waals surface area contributed by atoms with Crippen molar-refractivity contribution in [2.45, 2.75) is 0 Å². The number of phenols is 1. The molecule has 0 radical (unpaired) electrons. The molecule has 3 rings (SSSR count). The maximum Gasteiger partial charge on any atom is 0.266 e. The SMILES string of the molecule is COc1cc(C=C(C#N)C(=O)Nc2ccc3ccccc3c2)ccc1O. The van der Waals surface area contributed by atoms with Crippen LogP contribution in [0.3, 0.4) is 0 Å². The van der Waals surface area contributed by atoms with Crippen LogP contribution in [0, 0.1) is 11.3 Å². The van der Waals surface area contributed by atoms with Gasteiger partial charge in [-0.25, -0.2) is 0 Å². The number of aromatic hydroxyl groups is 1. The Labute approximate surface area is 150 Å². The van der Waals surface area contributed by atoms with Gasteiger partial charge in [0.15, 0.2) is 11.5 Å². The zero-order valence-electron chi connectivity index (χ0n) is 14.1. The monoisotopic (exact) mass is 344 g/mol. The summed E-state index contributed by atoms with van der Waals surface area (Å²) in [5, 5.41) is 23.8. The number of rotatable bonds is 4. The molecule has 0 spiro atoms. The minimum atomic E-state index is -0.505. The predicted octanol–water partition coefficient (Wildman–Crippen LogP) is 4.10. The number of nitrogens with zero attached hydrogens (tertiary/aromatic N) is 1. The number of carbonyl (C=O) groups is 1. The van der Waals surface area contributed by atoms with Gasteiger partial charge in [-0.15, -0.1) is 0 Å². The Kier molecular flexibility index (Phi) is 4.86. The third-order valence-corrected chi connectivity index (χ3v) is 3.89. The number of hydrogen-bond acceptors (Lipinski definition) is 4. The molecule has 1 amide bonds. The number of fused-ring (bicyclic) bond motifs is 1. The van der Waals surface area contributed by atoms with Crippen LogP contribution in [0.5, 0.6) is 11.5 Å². The lowest BCUT2D eigenvalue weighted by Crippen LogP contribution is -2.13. The van der Waals surface area contributed by atoms with E-state index in [9.17, 15) is 15.2 Å². The third kappa shape index (κ3) is 3.65. The highest BCUT2D eigenvalue weighted by Crippen LogP contribution is 2.27. The number of phenolic OH excluding ortho intramolecular Hbond substituents is 1. The van der Waals surface area contributed by atoms with Gasteiger partial charge >= 0.3 is 0 Å². The lowest BCUT2D eigenvalue weighted by molar-refractivity contribution is -0.112. The molecule has 5 nitrogen and oxygen atoms in total. The fraction of sp³-hybridized carbons (Fsp3) is 0.0476. The summed E-state index contributed by atoms with van der Waals surface area (Å²) in [6, 6.07) is 19.9. The van der Waals surface area contributed by atoms with Gasteiger partial charge in [-0.1, -0.05) is 36.4 Å². The van der Waals surface area contributed by atoms with Crippen LogP contribution in [0.2, 0.25) is 0 Å². The van der Waals surface area contributed by atoms with E-state index in [4.69, 9.17) is 4.74 Å². The molecule has 0 aliphatic rings. The van der Waals surface area contributed by atoms with Crippen LogP contribution in [0.4, 0.5) is 5.69 Å². The summed E-state index contributed by atoms with van der Waals surface area (Å²) in [4.78, 5) is 12.4. The molecule has 0 aliphatic heterocycles. The molecule has 26 heavy (non-hydrogen) atoms. The molecular formula is C21H16N2O3. The highest BCUT2D eigenvalue weighted by molar-refractivity contribution is 6.10. The largest absolute Gasteiger partial charge is 0.504 e. The molecule has 0 saturated carbocycles. The van der Waals surface area contributed by atoms with Gasteiger partial charge in [-0.2, -0.15) is 5.26 Å². The van der Waals surface area contributed by atoms with Crippen LogP contribution in [0.15, 0.2) is 66.2 Å². The van der Waals surface area contributed by atoms with E-state index in [-0.39, 0.29) is 17.1 Å². The quantitative estimate of drug-likeness (QED) is 0.551. The van der Waals surface area contributed by atoms with Gasteiger partial charge in [-0.05, 0) is 46.7 Å². The minimum Gasteiger partial charge on any atom is -0.504 e. The maximum atomic E-state index is 12.4. The number of carbonyl (C=O) groups excluding carboxylic acids is 1. The van der Waals surface area contributed by atoms with Crippen molar-refractivity contribution in [2.75, 3.05) is 12.4 Å². The van der Waals surface area contributed by atoms with Crippen LogP contribution in [0.1, 0.15) is 5.56 Å². The van der Waals surface area contributed by atoms with Crippen LogP contribution >= 0.6 is 0 Å². The van der Waals surface area contributed by atoms with E-state index in [1.165, 1.54) is 19.3 Å². The molecule has 0 atom stereocenters. The summed E-state index contributed by atoms with van der Waals surface area (Å²) in [5.41, 5.74) is 1.13. The summed E-state index contributed by atoms with van der Waals surface area (Å²) < 4.78 is 5.04. The number of amides is 1. The van der Waals surface area contributed by atoms with E-state index in [1.807, 2.05) is 42.5 Å². The van der Waals surface area contributed by atoms with Crippen molar-refractivity contribution in [3.05, 3.63) is 71.8 Å². The van der Waals surface area contributed by atoms with E-state index in [1.54, 1.807) is 18.2 Å². The Morgan fingerprint density at radius 3 is 2.62 bits per heavy atom. The highest BCUT2D eigenvalue weighted by atomic mass is 16.5. The Hall–Kier alpha value is -3.78. The number of nitriles is 1. The second kappa shape index (κ2) is 7.41. The summed E-state index contributed by atoms with van der Waals surface area (Å²) in [5.74, 6) is -0.246. The molecule has 0 heterocycles. The van der Waals surface area contributed by atoms with Gasteiger partial charge in [-0.3, -0.25) is 4.79 Å². The van der Waals surface area contributed by atoms with Crippen molar-refractivity contribution < 1.29 is 14.6 Å². The van der Waals surface area contributed by atoms with Gasteiger partial charge in [0.2, 0.25) is 0 Å². The maximum absolute atomic E-state index is 12.4. The summed E-state index contributed by atoms with van der Waals surface area (Å²) in [6.07, 6.45) is 1.44. The van der Waals surface area contributed by atoms with Gasteiger partial charge in [0.05, 0.1) is 7.11 Å². The third-order valence-electron chi connectivity index (χ3n) is 3.89. The number of ether oxygens (including phenoxy) is 1. The lowest BCUT2D eigenvalue weighted by Gasteiger charge is -2.07. The molecule has 0 unspecified atom stereocenters. The van der Waals surface area contributed by atoms with Crippen molar-refractivity contribution in [2.24, 2.45) is 0 Å². The molecule has 3 aromatic rings. The summed E-state index contributed by atoms with van der Waals surface area (Å²) >= 11 is 0. The molecule has 3 aromatic carbocycles. The van der Waals surface area contributed by atoms with Crippen molar-refractivity contribution in [3.63, 3.8) is 0 Å². The van der Waals surface area contributed by atoms with Gasteiger partial charge in [0.1, 0.15) is 11.6 Å². The van der Waals surface area contributed by atoms with Crippen molar-refractivity contribution >= 4 is 28.4 Å². The Balaban J connectivity index is 1.85. The molecule has 0 aliphatic carbocycles. The predicted molar refractivity (Wildman–Crippen MR) is 101 cm³/mol. The fourth-order valence-corrected chi connectivity index (χ4v) is 2.56. The van der Waals surface area contributed by atoms with Crippen LogP contribution in [-0.2, 0) is 4.79 Å². The average molecular weight is 344 g/mol. The molecule has 5 heteroatoms. The van der Waals surface area contributed by atoms with E-state index < -0.39 is 5.91 Å². The topological polar surface area (TPSA) is 82.3 Å². The van der Waals surface area contributed by atoms with E-state index in [0.717, 1.165) is 10.8 Å². The first kappa shape index (κ1) is 17.1. The van der Waals surface area contributed by atoms with Gasteiger partial charge in [0.25, 0.3) is 5.91 Å². The fourth-order valence-electron chi connectivity index (χ4n) is 2.56. The molecule has 2 N–H and O–H groups in total. The number of hydrogen-bond donors (Lipinski definition) is 2. The zero-order chi connectivity index (χ0) is 18.5. The van der Waals surface area contributed by atoms with E-state index >= 15 is 0 Å². The summed E-state index contributed by atoms with van der Waals surface area (Å²) in [6.45, 7) is 0. The van der Waals surface area contributed by atoms with E-state index in [2.05, 4.69) is 5.32 Å². The van der Waals surface area contributed by atoms with Crippen molar-refractivity contribution in [1.29, 1.82) is 5.26 Å². The minimum absolute atomic E-state index is 0.0104. The standard InChI is InChI=1S/C21H16N2O3/c1-26-20-11-14(6-9-19(20)24)10-17(13-22)21(25)23-18-8-7-15-4-2-3-5-16(15)12-18/h2-12,24H,1H3,(H,23,25). The normalized spacial score (nSPS) is 11.0. The molecular weight excluding hydrogens is 328 g/mol. The lowest BCUT2D eigenvalue weighted by atomic mass is 10.1. The Bertz CT molecular complexity index is 1050. The second-order valence-electron chi connectivity index (χ2n) is 5.62. The second-order valence-corrected chi connectivity index (χ2v) is 5.62. The Morgan fingerprint density at radius 1 is 1.12 bits per heavy atom. The summed E-state index contributed by atoms with van der Waals surface area (Å²) in [7, 11) is 1.43. The Morgan fingerprint density at radius 2 is 1.88 bits per heavy atom. The first-order valence-corrected chi connectivity index (χ1v) is 7.89. The number of nitrogens with one attached hydrogen (secondary N) is 1. The number of methoxy groups -OCH3 is 1. The molecule has 0 saturated heterocycles. The zero-order valence-corrected chi connectivity index (χ0v) is 14.1. The van der Waals surface area contributed by atoms with Gasteiger partial charge in [0, 0.05) is 5.69 Å². The molecule has 0 bridgehead atoms. The van der Waals surface area contributed by atoms with Crippen molar-refractivity contribution in [1.82, 2.24) is 0 Å². The molecule has 128 valence electrons. The van der Waals surface area contributed by atoms with Crippen LogP contribution < -0.4 is 10.1 Å². The van der Waals surface area contributed by atoms with Crippen LogP contribution in [0.25, 0.3) is 16.8 Å². The first-order valence-electron chi connectivity index (χ1n) is 7.89. The van der Waals surface area contributed by atoms with Crippen molar-refractivity contribution in [3.8, 4) is 17.6 Å². The smallest absolute Gasteiger partial charge is 0.266 e. The molecule has 0 fully saturated rings.